The maximum atomic E-state index is 12.8. The van der Waals surface area contributed by atoms with E-state index in [2.05, 4.69) is 10.3 Å². The Bertz CT molecular complexity index is 1060. The third-order valence-electron chi connectivity index (χ3n) is 4.31. The zero-order valence-electron chi connectivity index (χ0n) is 14.5. The molecule has 1 aliphatic heterocycles. The minimum absolute atomic E-state index is 0.218. The van der Waals surface area contributed by atoms with Crippen LogP contribution in [0.15, 0.2) is 66.7 Å². The number of para-hydroxylation sites is 1. The van der Waals surface area contributed by atoms with Crippen LogP contribution in [0.1, 0.15) is 36.8 Å². The fourth-order valence-corrected chi connectivity index (χ4v) is 3.06. The van der Waals surface area contributed by atoms with Crippen LogP contribution >= 0.6 is 0 Å². The Morgan fingerprint density at radius 3 is 2.15 bits per heavy atom. The molecule has 0 unspecified atom stereocenters. The van der Waals surface area contributed by atoms with Crippen molar-refractivity contribution in [3.8, 4) is 0 Å². The lowest BCUT2D eigenvalue weighted by Gasteiger charge is -2.17. The van der Waals surface area contributed by atoms with Crippen molar-refractivity contribution in [2.75, 3.05) is 10.2 Å². The molecule has 3 amide bonds. The lowest BCUT2D eigenvalue weighted by atomic mass is 10.1. The molecule has 132 valence electrons. The van der Waals surface area contributed by atoms with Crippen molar-refractivity contribution < 1.29 is 14.4 Å². The molecule has 0 spiro atoms. The molecule has 27 heavy (non-hydrogen) atoms. The minimum Gasteiger partial charge on any atom is -0.306 e. The number of nitrogens with one attached hydrogen (secondary N) is 1. The molecule has 4 rings (SSSR count). The van der Waals surface area contributed by atoms with Gasteiger partial charge in [-0.2, -0.15) is 0 Å². The SMILES string of the molecule is Cc1cccc(NC(=O)c2ccccc2N2C(=O)c3ccccc3C2=O)n1. The fourth-order valence-electron chi connectivity index (χ4n) is 3.06. The van der Waals surface area contributed by atoms with Gasteiger partial charge in [0.25, 0.3) is 17.7 Å². The molecule has 2 aromatic carbocycles. The molecule has 0 saturated heterocycles. The first-order chi connectivity index (χ1) is 13.1. The number of fused-ring (bicyclic) bond motifs is 1. The number of imide groups is 1. The zero-order chi connectivity index (χ0) is 19.0. The van der Waals surface area contributed by atoms with Gasteiger partial charge in [-0.1, -0.05) is 30.3 Å². The maximum absolute atomic E-state index is 12.8. The summed E-state index contributed by atoms with van der Waals surface area (Å²) in [4.78, 5) is 43.6. The zero-order valence-corrected chi connectivity index (χ0v) is 14.5. The van der Waals surface area contributed by atoms with Crippen LogP contribution in [0.4, 0.5) is 11.5 Å². The molecular weight excluding hydrogens is 342 g/mol. The van der Waals surface area contributed by atoms with E-state index in [-0.39, 0.29) is 11.3 Å². The highest BCUT2D eigenvalue weighted by molar-refractivity contribution is 6.35. The van der Waals surface area contributed by atoms with E-state index >= 15 is 0 Å². The van der Waals surface area contributed by atoms with Crippen molar-refractivity contribution in [3.05, 3.63) is 89.1 Å². The minimum atomic E-state index is -0.444. The van der Waals surface area contributed by atoms with Gasteiger partial charge in [-0.15, -0.1) is 0 Å². The Morgan fingerprint density at radius 2 is 1.48 bits per heavy atom. The second-order valence-electron chi connectivity index (χ2n) is 6.13. The summed E-state index contributed by atoms with van der Waals surface area (Å²) < 4.78 is 0. The number of rotatable bonds is 3. The van der Waals surface area contributed by atoms with E-state index in [1.807, 2.05) is 13.0 Å². The third-order valence-corrected chi connectivity index (χ3v) is 4.31. The lowest BCUT2D eigenvalue weighted by molar-refractivity contribution is 0.0926. The Morgan fingerprint density at radius 1 is 0.852 bits per heavy atom. The van der Waals surface area contributed by atoms with Crippen molar-refractivity contribution in [1.29, 1.82) is 0 Å². The Hall–Kier alpha value is -3.80. The number of anilines is 2. The third kappa shape index (κ3) is 2.87. The van der Waals surface area contributed by atoms with Crippen LogP contribution in [-0.4, -0.2) is 22.7 Å². The summed E-state index contributed by atoms with van der Waals surface area (Å²) in [5.74, 6) is -0.925. The topological polar surface area (TPSA) is 79.4 Å². The Labute approximate surface area is 155 Å². The molecule has 1 aliphatic rings. The first-order valence-electron chi connectivity index (χ1n) is 8.38. The van der Waals surface area contributed by atoms with Crippen LogP contribution < -0.4 is 10.2 Å². The number of carbonyl (C=O) groups is 3. The largest absolute Gasteiger partial charge is 0.306 e. The van der Waals surface area contributed by atoms with Gasteiger partial charge in [0.15, 0.2) is 0 Å². The highest BCUT2D eigenvalue weighted by Crippen LogP contribution is 2.31. The lowest BCUT2D eigenvalue weighted by Crippen LogP contribution is -2.31. The number of aromatic nitrogens is 1. The predicted octanol–water partition coefficient (Wildman–Crippen LogP) is 3.44. The molecule has 2 heterocycles. The van der Waals surface area contributed by atoms with Gasteiger partial charge >= 0.3 is 0 Å². The summed E-state index contributed by atoms with van der Waals surface area (Å²) in [6, 6.07) is 18.4. The van der Waals surface area contributed by atoms with Gasteiger partial charge in [0.2, 0.25) is 0 Å². The monoisotopic (exact) mass is 357 g/mol. The quantitative estimate of drug-likeness (QED) is 0.728. The van der Waals surface area contributed by atoms with Crippen molar-refractivity contribution in [1.82, 2.24) is 4.98 Å². The number of aryl methyl sites for hydroxylation is 1. The van der Waals surface area contributed by atoms with E-state index in [4.69, 9.17) is 0 Å². The molecule has 1 aromatic heterocycles. The molecule has 0 fully saturated rings. The number of pyridine rings is 1. The van der Waals surface area contributed by atoms with Crippen molar-refractivity contribution in [2.24, 2.45) is 0 Å². The summed E-state index contributed by atoms with van der Waals surface area (Å²) >= 11 is 0. The van der Waals surface area contributed by atoms with Crippen LogP contribution in [-0.2, 0) is 0 Å². The maximum Gasteiger partial charge on any atom is 0.266 e. The summed E-state index contributed by atoms with van der Waals surface area (Å²) in [5, 5.41) is 2.71. The number of hydrogen-bond acceptors (Lipinski definition) is 4. The molecule has 6 nitrogen and oxygen atoms in total. The molecule has 0 atom stereocenters. The van der Waals surface area contributed by atoms with Gasteiger partial charge in [-0.05, 0) is 43.3 Å². The van der Waals surface area contributed by atoms with Crippen LogP contribution in [0.3, 0.4) is 0 Å². The molecule has 0 bridgehead atoms. The normalized spacial score (nSPS) is 12.9. The smallest absolute Gasteiger partial charge is 0.266 e. The van der Waals surface area contributed by atoms with Crippen LogP contribution in [0.5, 0.6) is 0 Å². The molecule has 1 N–H and O–H groups in total. The number of nitrogens with zero attached hydrogens (tertiary/aromatic N) is 2. The molecular formula is C21H15N3O3. The van der Waals surface area contributed by atoms with E-state index < -0.39 is 17.7 Å². The van der Waals surface area contributed by atoms with E-state index in [1.54, 1.807) is 60.7 Å². The molecule has 0 saturated carbocycles. The van der Waals surface area contributed by atoms with Crippen LogP contribution in [0.25, 0.3) is 0 Å². The van der Waals surface area contributed by atoms with Crippen molar-refractivity contribution >= 4 is 29.2 Å². The number of hydrogen-bond donors (Lipinski definition) is 1. The highest BCUT2D eigenvalue weighted by atomic mass is 16.2. The standard InChI is InChI=1S/C21H15N3O3/c1-13-7-6-12-18(22-13)23-19(25)16-10-4-5-11-17(16)24-20(26)14-8-2-3-9-15(14)21(24)27/h2-12H,1H3,(H,22,23,25). The van der Waals surface area contributed by atoms with Gasteiger partial charge in [-0.3, -0.25) is 14.4 Å². The second-order valence-corrected chi connectivity index (χ2v) is 6.13. The summed E-state index contributed by atoms with van der Waals surface area (Å²) in [5.41, 5.74) is 1.89. The van der Waals surface area contributed by atoms with E-state index in [0.29, 0.717) is 16.9 Å². The van der Waals surface area contributed by atoms with E-state index in [0.717, 1.165) is 10.6 Å². The second kappa shape index (κ2) is 6.49. The molecule has 3 aromatic rings. The molecule has 0 radical (unpaired) electrons. The van der Waals surface area contributed by atoms with Gasteiger partial charge in [0, 0.05) is 5.69 Å². The number of carbonyl (C=O) groups excluding carboxylic acids is 3. The summed E-state index contributed by atoms with van der Waals surface area (Å²) in [6.07, 6.45) is 0. The number of amides is 3. The average molecular weight is 357 g/mol. The van der Waals surface area contributed by atoms with Gasteiger partial charge in [0.1, 0.15) is 5.82 Å². The van der Waals surface area contributed by atoms with E-state index in [1.165, 1.54) is 0 Å². The highest BCUT2D eigenvalue weighted by Gasteiger charge is 2.37. The van der Waals surface area contributed by atoms with Crippen molar-refractivity contribution in [2.45, 2.75) is 6.92 Å². The van der Waals surface area contributed by atoms with Gasteiger partial charge in [-0.25, -0.2) is 9.88 Å². The Kier molecular flexibility index (Phi) is 4.01. The molecule has 0 aliphatic carbocycles. The fraction of sp³-hybridized carbons (Fsp3) is 0.0476. The van der Waals surface area contributed by atoms with Crippen LogP contribution in [0.2, 0.25) is 0 Å². The Balaban J connectivity index is 1.71. The number of benzene rings is 2. The first-order valence-corrected chi connectivity index (χ1v) is 8.38. The van der Waals surface area contributed by atoms with Gasteiger partial charge < -0.3 is 5.32 Å². The van der Waals surface area contributed by atoms with Crippen LogP contribution in [0, 0.1) is 6.92 Å². The molecule has 6 heteroatoms. The first kappa shape index (κ1) is 16.7. The summed E-state index contributed by atoms with van der Waals surface area (Å²) in [7, 11) is 0. The van der Waals surface area contributed by atoms with E-state index in [9.17, 15) is 14.4 Å². The van der Waals surface area contributed by atoms with Gasteiger partial charge in [0.05, 0.1) is 22.4 Å². The van der Waals surface area contributed by atoms with Crippen molar-refractivity contribution in [3.63, 3.8) is 0 Å². The summed E-state index contributed by atoms with van der Waals surface area (Å²) in [6.45, 7) is 1.82. The predicted molar refractivity (Wildman–Crippen MR) is 101 cm³/mol. The average Bonchev–Trinajstić information content (AvgIpc) is 2.93.